The molecule has 3 heteroatoms. The van der Waals surface area contributed by atoms with Gasteiger partial charge in [-0.1, -0.05) is 0 Å². The fourth-order valence-electron chi connectivity index (χ4n) is 4.09. The Morgan fingerprint density at radius 2 is 1.88 bits per heavy atom. The zero-order valence-electron chi connectivity index (χ0n) is 10.4. The number of fused-ring (bicyclic) bond motifs is 2. The van der Waals surface area contributed by atoms with Gasteiger partial charge in [0.05, 0.1) is 0 Å². The van der Waals surface area contributed by atoms with Crippen molar-refractivity contribution in [2.45, 2.75) is 50.7 Å². The van der Waals surface area contributed by atoms with Crippen molar-refractivity contribution in [2.24, 2.45) is 11.7 Å². The molecular weight excluding hydrogens is 198 g/mol. The molecule has 0 aliphatic carbocycles. The Kier molecular flexibility index (Phi) is 2.94. The van der Waals surface area contributed by atoms with Crippen molar-refractivity contribution in [1.29, 1.82) is 0 Å². The first-order chi connectivity index (χ1) is 7.74. The molecule has 0 aromatic heterocycles. The van der Waals surface area contributed by atoms with E-state index in [0.29, 0.717) is 12.1 Å². The minimum atomic E-state index is 0.454. The summed E-state index contributed by atoms with van der Waals surface area (Å²) in [5, 5.41) is 0. The van der Waals surface area contributed by atoms with E-state index >= 15 is 0 Å². The molecular formula is C13H25N3. The lowest BCUT2D eigenvalue weighted by Gasteiger charge is -2.45. The molecule has 0 amide bonds. The summed E-state index contributed by atoms with van der Waals surface area (Å²) in [6.07, 6.45) is 5.23. The third-order valence-electron chi connectivity index (χ3n) is 4.99. The molecule has 2 bridgehead atoms. The third kappa shape index (κ3) is 1.89. The maximum atomic E-state index is 6.06. The van der Waals surface area contributed by atoms with Gasteiger partial charge in [0.2, 0.25) is 0 Å². The predicted octanol–water partition coefficient (Wildman–Crippen LogP) is 0.892. The van der Waals surface area contributed by atoms with Crippen LogP contribution < -0.4 is 5.73 Å². The topological polar surface area (TPSA) is 32.5 Å². The number of hydrogen-bond donors (Lipinski definition) is 1. The van der Waals surface area contributed by atoms with E-state index in [1.807, 2.05) is 0 Å². The molecule has 92 valence electrons. The average Bonchev–Trinajstić information content (AvgIpc) is 2.63. The molecule has 0 saturated carbocycles. The highest BCUT2D eigenvalue weighted by atomic mass is 15.2. The summed E-state index contributed by atoms with van der Waals surface area (Å²) in [6.45, 7) is 7.66. The number of hydrogen-bond acceptors (Lipinski definition) is 3. The fourth-order valence-corrected chi connectivity index (χ4v) is 4.09. The molecule has 3 heterocycles. The van der Waals surface area contributed by atoms with Gasteiger partial charge in [0, 0.05) is 31.2 Å². The van der Waals surface area contributed by atoms with Gasteiger partial charge in [-0.05, 0) is 51.6 Å². The Hall–Kier alpha value is -0.120. The molecule has 3 nitrogen and oxygen atoms in total. The quantitative estimate of drug-likeness (QED) is 0.716. The molecule has 3 fully saturated rings. The molecule has 3 aliphatic heterocycles. The average molecular weight is 223 g/mol. The van der Waals surface area contributed by atoms with Gasteiger partial charge in [0.1, 0.15) is 0 Å². The minimum Gasteiger partial charge on any atom is -0.328 e. The number of nitrogens with two attached hydrogens (primary N) is 1. The van der Waals surface area contributed by atoms with Gasteiger partial charge < -0.3 is 10.6 Å². The van der Waals surface area contributed by atoms with Gasteiger partial charge in [0.25, 0.3) is 0 Å². The van der Waals surface area contributed by atoms with Gasteiger partial charge in [-0.3, -0.25) is 4.90 Å². The molecule has 3 saturated heterocycles. The Morgan fingerprint density at radius 1 is 1.06 bits per heavy atom. The summed E-state index contributed by atoms with van der Waals surface area (Å²) in [5.41, 5.74) is 6.06. The Bertz CT molecular complexity index is 256. The molecule has 5 unspecified atom stereocenters. The molecule has 0 aromatic rings. The summed E-state index contributed by atoms with van der Waals surface area (Å²) in [4.78, 5) is 5.41. The lowest BCUT2D eigenvalue weighted by Crippen LogP contribution is -2.54. The van der Waals surface area contributed by atoms with E-state index in [-0.39, 0.29) is 0 Å². The van der Waals surface area contributed by atoms with E-state index in [0.717, 1.165) is 12.0 Å². The van der Waals surface area contributed by atoms with Gasteiger partial charge in [0.15, 0.2) is 0 Å². The molecule has 2 N–H and O–H groups in total. The van der Waals surface area contributed by atoms with Crippen LogP contribution in [0.4, 0.5) is 0 Å². The van der Waals surface area contributed by atoms with Crippen molar-refractivity contribution in [3.05, 3.63) is 0 Å². The first kappa shape index (κ1) is 11.0. The van der Waals surface area contributed by atoms with Crippen LogP contribution in [-0.4, -0.2) is 54.1 Å². The number of piperidine rings is 2. The first-order valence-electron chi connectivity index (χ1n) is 6.97. The zero-order chi connectivity index (χ0) is 11.1. The summed E-state index contributed by atoms with van der Waals surface area (Å²) in [7, 11) is 0. The van der Waals surface area contributed by atoms with Crippen LogP contribution in [0.3, 0.4) is 0 Å². The van der Waals surface area contributed by atoms with Crippen molar-refractivity contribution >= 4 is 0 Å². The number of likely N-dealkylation sites (tertiary alicyclic amines) is 1. The molecule has 0 radical (unpaired) electrons. The van der Waals surface area contributed by atoms with E-state index in [1.165, 1.54) is 51.9 Å². The standard InChI is InChI=1S/C13H25N3/c1-10-8-12(14)3-7-16(10)13-4-6-15-5-2-11(13)9-15/h10-13H,2-9,14H2,1H3. The monoisotopic (exact) mass is 223 g/mol. The lowest BCUT2D eigenvalue weighted by molar-refractivity contribution is 0.0407. The zero-order valence-corrected chi connectivity index (χ0v) is 10.4. The lowest BCUT2D eigenvalue weighted by atomic mass is 9.88. The van der Waals surface area contributed by atoms with Crippen molar-refractivity contribution in [3.8, 4) is 0 Å². The predicted molar refractivity (Wildman–Crippen MR) is 66.3 cm³/mol. The number of nitrogens with zero attached hydrogens (tertiary/aromatic N) is 2. The van der Waals surface area contributed by atoms with E-state index in [1.54, 1.807) is 0 Å². The van der Waals surface area contributed by atoms with E-state index < -0.39 is 0 Å². The normalized spacial score (nSPS) is 49.5. The van der Waals surface area contributed by atoms with Crippen molar-refractivity contribution in [1.82, 2.24) is 9.80 Å². The van der Waals surface area contributed by atoms with Crippen LogP contribution in [0.5, 0.6) is 0 Å². The van der Waals surface area contributed by atoms with E-state index in [9.17, 15) is 0 Å². The second kappa shape index (κ2) is 4.28. The SMILES string of the molecule is CC1CC(N)CCN1C1CCN2CCC1C2. The smallest absolute Gasteiger partial charge is 0.0151 e. The van der Waals surface area contributed by atoms with Gasteiger partial charge >= 0.3 is 0 Å². The van der Waals surface area contributed by atoms with E-state index in [4.69, 9.17) is 5.73 Å². The molecule has 0 spiro atoms. The Morgan fingerprint density at radius 3 is 2.69 bits per heavy atom. The highest BCUT2D eigenvalue weighted by molar-refractivity contribution is 4.95. The van der Waals surface area contributed by atoms with E-state index in [2.05, 4.69) is 16.7 Å². The van der Waals surface area contributed by atoms with Gasteiger partial charge in [-0.15, -0.1) is 0 Å². The number of rotatable bonds is 1. The molecule has 3 rings (SSSR count). The maximum absolute atomic E-state index is 6.06. The molecule has 3 aliphatic rings. The van der Waals surface area contributed by atoms with Crippen molar-refractivity contribution in [2.75, 3.05) is 26.2 Å². The largest absolute Gasteiger partial charge is 0.328 e. The molecule has 5 atom stereocenters. The van der Waals surface area contributed by atoms with Crippen molar-refractivity contribution in [3.63, 3.8) is 0 Å². The van der Waals surface area contributed by atoms with Crippen molar-refractivity contribution < 1.29 is 0 Å². The second-order valence-corrected chi connectivity index (χ2v) is 6.08. The summed E-state index contributed by atoms with van der Waals surface area (Å²) >= 11 is 0. The highest BCUT2D eigenvalue weighted by Crippen LogP contribution is 2.33. The first-order valence-corrected chi connectivity index (χ1v) is 6.97. The van der Waals surface area contributed by atoms with Crippen LogP contribution in [0, 0.1) is 5.92 Å². The Balaban J connectivity index is 1.67. The molecule has 0 aromatic carbocycles. The van der Waals surface area contributed by atoms with Gasteiger partial charge in [-0.25, -0.2) is 0 Å². The van der Waals surface area contributed by atoms with Gasteiger partial charge in [-0.2, -0.15) is 0 Å². The minimum absolute atomic E-state index is 0.454. The van der Waals surface area contributed by atoms with Crippen LogP contribution in [0.15, 0.2) is 0 Å². The summed E-state index contributed by atoms with van der Waals surface area (Å²) in [6, 6.07) is 2.03. The Labute approximate surface area is 99.0 Å². The second-order valence-electron chi connectivity index (χ2n) is 6.08. The third-order valence-corrected chi connectivity index (χ3v) is 4.99. The summed E-state index contributed by atoms with van der Waals surface area (Å²) in [5.74, 6) is 0.950. The maximum Gasteiger partial charge on any atom is 0.0151 e. The van der Waals surface area contributed by atoms with Crippen LogP contribution in [0.1, 0.15) is 32.6 Å². The fraction of sp³-hybridized carbons (Fsp3) is 1.00. The highest BCUT2D eigenvalue weighted by Gasteiger charge is 2.39. The van der Waals surface area contributed by atoms with Crippen LogP contribution in [0.25, 0.3) is 0 Å². The van der Waals surface area contributed by atoms with Crippen LogP contribution >= 0.6 is 0 Å². The van der Waals surface area contributed by atoms with Crippen LogP contribution in [0.2, 0.25) is 0 Å². The van der Waals surface area contributed by atoms with Crippen LogP contribution in [-0.2, 0) is 0 Å². The summed E-state index contributed by atoms with van der Waals surface area (Å²) < 4.78 is 0. The molecule has 16 heavy (non-hydrogen) atoms.